The van der Waals surface area contributed by atoms with Crippen LogP contribution in [0.3, 0.4) is 0 Å². The molecule has 0 saturated carbocycles. The van der Waals surface area contributed by atoms with Gasteiger partial charge in [0.1, 0.15) is 0 Å². The number of hydrogen-bond donors (Lipinski definition) is 1. The summed E-state index contributed by atoms with van der Waals surface area (Å²) in [6.07, 6.45) is 2.15. The lowest BCUT2D eigenvalue weighted by Crippen LogP contribution is -2.41. The molecule has 1 aliphatic rings. The number of hydrogen-bond acceptors (Lipinski definition) is 3. The molecule has 0 bridgehead atoms. The van der Waals surface area contributed by atoms with Crippen LogP contribution in [0.2, 0.25) is 0 Å². The number of likely N-dealkylation sites (tertiary alicyclic amines) is 1. The highest BCUT2D eigenvalue weighted by atomic mass is 127. The van der Waals surface area contributed by atoms with E-state index in [4.69, 9.17) is 4.74 Å². The van der Waals surface area contributed by atoms with Gasteiger partial charge in [0, 0.05) is 52.5 Å². The first-order valence-electron chi connectivity index (χ1n) is 8.00. The van der Waals surface area contributed by atoms with Crippen LogP contribution >= 0.6 is 24.0 Å². The van der Waals surface area contributed by atoms with Crippen LogP contribution in [0.15, 0.2) is 4.99 Å². The van der Waals surface area contributed by atoms with E-state index in [-0.39, 0.29) is 24.0 Å². The predicted molar refractivity (Wildman–Crippen MR) is 105 cm³/mol. The SMILES string of the molecule is CN=C(NCCc1c(C)nn(C)c1C)N1CCC(COC)C1.I. The van der Waals surface area contributed by atoms with Crippen LogP contribution in [-0.2, 0) is 18.2 Å². The van der Waals surface area contributed by atoms with E-state index in [0.717, 1.165) is 44.3 Å². The van der Waals surface area contributed by atoms with Crippen LogP contribution in [0.5, 0.6) is 0 Å². The molecule has 0 aliphatic carbocycles. The number of nitrogens with zero attached hydrogens (tertiary/aromatic N) is 4. The molecule has 1 aromatic heterocycles. The smallest absolute Gasteiger partial charge is 0.193 e. The van der Waals surface area contributed by atoms with E-state index < -0.39 is 0 Å². The zero-order valence-corrected chi connectivity index (χ0v) is 17.3. The van der Waals surface area contributed by atoms with Crippen molar-refractivity contribution >= 4 is 29.9 Å². The monoisotopic (exact) mass is 435 g/mol. The van der Waals surface area contributed by atoms with Crippen molar-refractivity contribution in [2.45, 2.75) is 26.7 Å². The fourth-order valence-electron chi connectivity index (χ4n) is 3.21. The Morgan fingerprint density at radius 2 is 2.17 bits per heavy atom. The van der Waals surface area contributed by atoms with Crippen LogP contribution in [0, 0.1) is 19.8 Å². The van der Waals surface area contributed by atoms with Gasteiger partial charge in [-0.05, 0) is 32.3 Å². The Bertz CT molecular complexity index is 529. The first kappa shape index (κ1) is 20.2. The number of rotatable bonds is 5. The lowest BCUT2D eigenvalue weighted by molar-refractivity contribution is 0.157. The van der Waals surface area contributed by atoms with Gasteiger partial charge in [-0.25, -0.2) is 0 Å². The summed E-state index contributed by atoms with van der Waals surface area (Å²) in [5, 5.41) is 7.95. The van der Waals surface area contributed by atoms with E-state index in [9.17, 15) is 0 Å². The number of nitrogens with one attached hydrogen (secondary N) is 1. The molecule has 0 spiro atoms. The maximum atomic E-state index is 5.26. The number of halogens is 1. The van der Waals surface area contributed by atoms with Crippen molar-refractivity contribution in [1.82, 2.24) is 20.0 Å². The Morgan fingerprint density at radius 3 is 2.74 bits per heavy atom. The molecule has 1 atom stereocenters. The summed E-state index contributed by atoms with van der Waals surface area (Å²) in [4.78, 5) is 6.74. The van der Waals surface area contributed by atoms with Gasteiger partial charge in [-0.1, -0.05) is 0 Å². The Kier molecular flexibility index (Phi) is 8.32. The molecule has 1 unspecified atom stereocenters. The zero-order chi connectivity index (χ0) is 16.1. The summed E-state index contributed by atoms with van der Waals surface area (Å²) >= 11 is 0. The zero-order valence-electron chi connectivity index (χ0n) is 14.9. The molecule has 2 rings (SSSR count). The normalized spacial score (nSPS) is 18.2. The number of guanidine groups is 1. The van der Waals surface area contributed by atoms with Crippen LogP contribution in [0.25, 0.3) is 0 Å². The quantitative estimate of drug-likeness (QED) is 0.435. The van der Waals surface area contributed by atoms with Gasteiger partial charge in [-0.2, -0.15) is 5.10 Å². The minimum Gasteiger partial charge on any atom is -0.384 e. The number of aliphatic imine (C=N–C) groups is 1. The van der Waals surface area contributed by atoms with E-state index in [1.165, 1.54) is 17.7 Å². The van der Waals surface area contributed by atoms with Crippen LogP contribution in [0.1, 0.15) is 23.4 Å². The summed E-state index contributed by atoms with van der Waals surface area (Å²) < 4.78 is 7.21. The van der Waals surface area contributed by atoms with E-state index in [1.54, 1.807) is 7.11 Å². The van der Waals surface area contributed by atoms with Crippen molar-refractivity contribution in [3.05, 3.63) is 17.0 Å². The molecule has 0 aromatic carbocycles. The van der Waals surface area contributed by atoms with Gasteiger partial charge in [0.25, 0.3) is 0 Å². The molecule has 132 valence electrons. The van der Waals surface area contributed by atoms with Gasteiger partial charge in [-0.15, -0.1) is 24.0 Å². The molecule has 1 fully saturated rings. The third-order valence-corrected chi connectivity index (χ3v) is 4.52. The molecule has 2 heterocycles. The summed E-state index contributed by atoms with van der Waals surface area (Å²) in [5.41, 5.74) is 3.71. The minimum atomic E-state index is 0. The molecular formula is C16H30IN5O. The van der Waals surface area contributed by atoms with Gasteiger partial charge in [0.15, 0.2) is 5.96 Å². The van der Waals surface area contributed by atoms with Crippen molar-refractivity contribution in [3.63, 3.8) is 0 Å². The highest BCUT2D eigenvalue weighted by molar-refractivity contribution is 14.0. The van der Waals surface area contributed by atoms with Crippen LogP contribution in [0.4, 0.5) is 0 Å². The number of methoxy groups -OCH3 is 1. The van der Waals surface area contributed by atoms with Crippen molar-refractivity contribution in [3.8, 4) is 0 Å². The molecule has 0 amide bonds. The molecule has 1 aliphatic heterocycles. The van der Waals surface area contributed by atoms with E-state index in [2.05, 4.69) is 34.2 Å². The Balaban J connectivity index is 0.00000264. The standard InChI is InChI=1S/C16H29N5O.HI/c1-12-15(13(2)20(4)19-12)6-8-18-16(17-3)21-9-7-14(10-21)11-22-5;/h14H,6-11H2,1-5H3,(H,17,18);1H. The molecule has 1 saturated heterocycles. The van der Waals surface area contributed by atoms with Gasteiger partial charge in [0.05, 0.1) is 12.3 Å². The Morgan fingerprint density at radius 1 is 1.43 bits per heavy atom. The van der Waals surface area contributed by atoms with E-state index in [1.807, 2.05) is 18.8 Å². The fraction of sp³-hybridized carbons (Fsp3) is 0.750. The number of aromatic nitrogens is 2. The van der Waals surface area contributed by atoms with E-state index in [0.29, 0.717) is 5.92 Å². The lowest BCUT2D eigenvalue weighted by Gasteiger charge is -2.21. The fourth-order valence-corrected chi connectivity index (χ4v) is 3.21. The van der Waals surface area contributed by atoms with Gasteiger partial charge in [0.2, 0.25) is 0 Å². The maximum absolute atomic E-state index is 5.26. The topological polar surface area (TPSA) is 54.7 Å². The van der Waals surface area contributed by atoms with Crippen molar-refractivity contribution in [2.75, 3.05) is 40.4 Å². The third-order valence-electron chi connectivity index (χ3n) is 4.52. The third kappa shape index (κ3) is 5.07. The molecular weight excluding hydrogens is 405 g/mol. The van der Waals surface area contributed by atoms with E-state index >= 15 is 0 Å². The van der Waals surface area contributed by atoms with Gasteiger partial charge in [-0.3, -0.25) is 9.67 Å². The second-order valence-electron chi connectivity index (χ2n) is 6.05. The predicted octanol–water partition coefficient (Wildman–Crippen LogP) is 1.74. The molecule has 1 aromatic rings. The molecule has 7 heteroatoms. The summed E-state index contributed by atoms with van der Waals surface area (Å²) in [6, 6.07) is 0. The van der Waals surface area contributed by atoms with Gasteiger partial charge >= 0.3 is 0 Å². The average molecular weight is 435 g/mol. The van der Waals surface area contributed by atoms with Gasteiger partial charge < -0.3 is 15.0 Å². The van der Waals surface area contributed by atoms with Crippen molar-refractivity contribution in [1.29, 1.82) is 0 Å². The molecule has 1 N–H and O–H groups in total. The first-order valence-corrected chi connectivity index (χ1v) is 8.00. The van der Waals surface area contributed by atoms with Crippen molar-refractivity contribution < 1.29 is 4.74 Å². The first-order chi connectivity index (χ1) is 10.6. The van der Waals surface area contributed by atoms with Crippen LogP contribution < -0.4 is 5.32 Å². The number of aryl methyl sites for hydroxylation is 2. The largest absolute Gasteiger partial charge is 0.384 e. The van der Waals surface area contributed by atoms with Crippen molar-refractivity contribution in [2.24, 2.45) is 18.0 Å². The Labute approximate surface area is 156 Å². The summed E-state index contributed by atoms with van der Waals surface area (Å²) in [7, 11) is 5.62. The summed E-state index contributed by atoms with van der Waals surface area (Å²) in [6.45, 7) is 8.00. The highest BCUT2D eigenvalue weighted by Gasteiger charge is 2.24. The number of ether oxygens (including phenoxy) is 1. The second-order valence-corrected chi connectivity index (χ2v) is 6.05. The summed E-state index contributed by atoms with van der Waals surface area (Å²) in [5.74, 6) is 1.61. The molecule has 23 heavy (non-hydrogen) atoms. The minimum absolute atomic E-state index is 0. The second kappa shape index (κ2) is 9.46. The maximum Gasteiger partial charge on any atom is 0.193 e. The average Bonchev–Trinajstić information content (AvgIpc) is 3.03. The van der Waals surface area contributed by atoms with Crippen LogP contribution in [-0.4, -0.2) is 61.0 Å². The Hall–Kier alpha value is -0.830. The molecule has 6 nitrogen and oxygen atoms in total. The molecule has 0 radical (unpaired) electrons. The highest BCUT2D eigenvalue weighted by Crippen LogP contribution is 2.16. The lowest BCUT2D eigenvalue weighted by atomic mass is 10.1.